The summed E-state index contributed by atoms with van der Waals surface area (Å²) in [5, 5.41) is 12.8. The van der Waals surface area contributed by atoms with Crippen LogP contribution in [-0.4, -0.2) is 17.5 Å². The SMILES string of the molecule is C1=COCC1.CC1(O)C=CC=c2c1ccc1c2=CC=C2CC(=O)CCC21. The maximum Gasteiger partial charge on any atom is 0.136 e. The highest BCUT2D eigenvalue weighted by Crippen LogP contribution is 2.36. The zero-order valence-electron chi connectivity index (χ0n) is 15.1. The van der Waals surface area contributed by atoms with Gasteiger partial charge in [-0.25, -0.2) is 0 Å². The number of allylic oxidation sites excluding steroid dienone is 3. The van der Waals surface area contributed by atoms with E-state index in [1.54, 1.807) is 6.26 Å². The van der Waals surface area contributed by atoms with Crippen molar-refractivity contribution in [1.29, 1.82) is 0 Å². The van der Waals surface area contributed by atoms with Crippen LogP contribution in [0.15, 0.2) is 48.3 Å². The van der Waals surface area contributed by atoms with Crippen LogP contribution in [0.5, 0.6) is 0 Å². The van der Waals surface area contributed by atoms with Crippen LogP contribution in [0.2, 0.25) is 0 Å². The van der Waals surface area contributed by atoms with Crippen LogP contribution in [0.3, 0.4) is 0 Å². The van der Waals surface area contributed by atoms with Gasteiger partial charge in [-0.1, -0.05) is 42.0 Å². The standard InChI is InChI=1S/C19H18O2.C4H6O/c1-19(21)10-2-3-17-16-6-4-12-11-13(20)5-7-14(12)15(16)8-9-18(17)19;1-2-4-5-3-1/h2-4,6,8-10,14,21H,5,7,11H2,1H3;1,3H,2,4H2. The van der Waals surface area contributed by atoms with Gasteiger partial charge >= 0.3 is 0 Å². The summed E-state index contributed by atoms with van der Waals surface area (Å²) in [4.78, 5) is 11.6. The third kappa shape index (κ3) is 3.08. The first-order valence-electron chi connectivity index (χ1n) is 9.31. The zero-order chi connectivity index (χ0) is 18.1. The van der Waals surface area contributed by atoms with E-state index in [2.05, 4.69) is 24.3 Å². The molecule has 1 aromatic rings. The maximum atomic E-state index is 11.6. The summed E-state index contributed by atoms with van der Waals surface area (Å²) >= 11 is 0. The van der Waals surface area contributed by atoms with E-state index in [0.717, 1.165) is 30.2 Å². The Bertz CT molecular complexity index is 938. The summed E-state index contributed by atoms with van der Waals surface area (Å²) in [6.07, 6.45) is 17.1. The number of fused-ring (bicyclic) bond motifs is 5. The number of carbonyl (C=O) groups is 1. The molecule has 5 rings (SSSR count). The molecule has 0 saturated heterocycles. The van der Waals surface area contributed by atoms with E-state index in [4.69, 9.17) is 4.74 Å². The van der Waals surface area contributed by atoms with Gasteiger partial charge in [0.15, 0.2) is 0 Å². The van der Waals surface area contributed by atoms with Crippen LogP contribution >= 0.6 is 0 Å². The third-order valence-corrected chi connectivity index (χ3v) is 5.54. The van der Waals surface area contributed by atoms with Crippen LogP contribution in [0.1, 0.15) is 49.7 Å². The molecule has 2 unspecified atom stereocenters. The summed E-state index contributed by atoms with van der Waals surface area (Å²) in [5.74, 6) is 0.724. The minimum absolute atomic E-state index is 0.352. The molecule has 2 atom stereocenters. The van der Waals surface area contributed by atoms with Crippen molar-refractivity contribution in [3.05, 3.63) is 69.8 Å². The summed E-state index contributed by atoms with van der Waals surface area (Å²) in [6, 6.07) is 4.18. The molecule has 0 spiro atoms. The molecular formula is C23H24O3. The predicted octanol–water partition coefficient (Wildman–Crippen LogP) is 2.72. The third-order valence-electron chi connectivity index (χ3n) is 5.54. The fraction of sp³-hybridized carbons (Fsp3) is 0.348. The van der Waals surface area contributed by atoms with Crippen LogP contribution in [0.25, 0.3) is 12.2 Å². The second-order valence-corrected chi connectivity index (χ2v) is 7.45. The average Bonchev–Trinajstić information content (AvgIpc) is 3.20. The minimum Gasteiger partial charge on any atom is -0.501 e. The largest absolute Gasteiger partial charge is 0.501 e. The number of Topliss-reactive ketones (excluding diaryl/α,β-unsaturated/α-hetero) is 1. The maximum absolute atomic E-state index is 11.6. The molecule has 1 aromatic carbocycles. The Labute approximate surface area is 153 Å². The van der Waals surface area contributed by atoms with Crippen molar-refractivity contribution in [2.45, 2.75) is 44.1 Å². The molecule has 1 N–H and O–H groups in total. The summed E-state index contributed by atoms with van der Waals surface area (Å²) in [6.45, 7) is 2.71. The van der Waals surface area contributed by atoms with Gasteiger partial charge in [0.05, 0.1) is 12.9 Å². The van der Waals surface area contributed by atoms with Gasteiger partial charge in [0.2, 0.25) is 0 Å². The normalized spacial score (nSPS) is 27.5. The molecule has 1 heterocycles. The fourth-order valence-electron chi connectivity index (χ4n) is 4.18. The number of rotatable bonds is 0. The van der Waals surface area contributed by atoms with Gasteiger partial charge in [-0.2, -0.15) is 0 Å². The number of ketones is 1. The molecule has 0 bridgehead atoms. The van der Waals surface area contributed by atoms with Crippen molar-refractivity contribution in [2.24, 2.45) is 0 Å². The highest BCUT2D eigenvalue weighted by Gasteiger charge is 2.29. The quantitative estimate of drug-likeness (QED) is 0.784. The van der Waals surface area contributed by atoms with Crippen molar-refractivity contribution in [3.8, 4) is 0 Å². The topological polar surface area (TPSA) is 46.5 Å². The van der Waals surface area contributed by atoms with Gasteiger partial charge in [-0.3, -0.25) is 4.79 Å². The lowest BCUT2D eigenvalue weighted by Gasteiger charge is -2.30. The summed E-state index contributed by atoms with van der Waals surface area (Å²) in [5.41, 5.74) is 2.61. The lowest BCUT2D eigenvalue weighted by Crippen LogP contribution is -2.41. The first kappa shape index (κ1) is 17.0. The van der Waals surface area contributed by atoms with Gasteiger partial charge in [0, 0.05) is 25.2 Å². The van der Waals surface area contributed by atoms with E-state index in [1.165, 1.54) is 16.4 Å². The molecule has 0 aromatic heterocycles. The molecule has 1 fully saturated rings. The Morgan fingerprint density at radius 1 is 1.19 bits per heavy atom. The Morgan fingerprint density at radius 3 is 2.81 bits per heavy atom. The van der Waals surface area contributed by atoms with E-state index < -0.39 is 5.60 Å². The van der Waals surface area contributed by atoms with Gasteiger partial charge < -0.3 is 9.84 Å². The molecule has 134 valence electrons. The van der Waals surface area contributed by atoms with E-state index in [1.807, 2.05) is 31.2 Å². The first-order chi connectivity index (χ1) is 12.6. The second-order valence-electron chi connectivity index (χ2n) is 7.45. The Balaban J connectivity index is 0.000000292. The number of ether oxygens (including phenoxy) is 1. The van der Waals surface area contributed by atoms with Crippen LogP contribution in [0, 0.1) is 0 Å². The molecule has 0 amide bonds. The molecule has 0 radical (unpaired) electrons. The van der Waals surface area contributed by atoms with E-state index in [-0.39, 0.29) is 0 Å². The highest BCUT2D eigenvalue weighted by molar-refractivity contribution is 5.83. The number of aliphatic hydroxyl groups is 1. The summed E-state index contributed by atoms with van der Waals surface area (Å²) in [7, 11) is 0. The van der Waals surface area contributed by atoms with Crippen LogP contribution in [-0.2, 0) is 15.1 Å². The zero-order valence-corrected chi connectivity index (χ0v) is 15.1. The van der Waals surface area contributed by atoms with Crippen LogP contribution < -0.4 is 10.4 Å². The number of hydrogen-bond acceptors (Lipinski definition) is 3. The molecule has 1 saturated carbocycles. The van der Waals surface area contributed by atoms with Crippen molar-refractivity contribution in [3.63, 3.8) is 0 Å². The Morgan fingerprint density at radius 2 is 2.08 bits per heavy atom. The van der Waals surface area contributed by atoms with Crippen molar-refractivity contribution >= 4 is 17.9 Å². The van der Waals surface area contributed by atoms with Crippen molar-refractivity contribution in [1.82, 2.24) is 0 Å². The number of hydrogen-bond donors (Lipinski definition) is 1. The van der Waals surface area contributed by atoms with E-state index in [0.29, 0.717) is 24.5 Å². The number of benzene rings is 1. The second kappa shape index (κ2) is 6.73. The first-order valence-corrected chi connectivity index (χ1v) is 9.31. The van der Waals surface area contributed by atoms with Gasteiger partial charge in [-0.05, 0) is 47.1 Å². The summed E-state index contributed by atoms with van der Waals surface area (Å²) < 4.78 is 4.76. The average molecular weight is 348 g/mol. The van der Waals surface area contributed by atoms with Crippen molar-refractivity contribution in [2.75, 3.05) is 6.61 Å². The van der Waals surface area contributed by atoms with Gasteiger partial charge in [0.1, 0.15) is 11.4 Å². The van der Waals surface area contributed by atoms with Crippen LogP contribution in [0.4, 0.5) is 0 Å². The van der Waals surface area contributed by atoms with Gasteiger partial charge in [-0.15, -0.1) is 0 Å². The lowest BCUT2D eigenvalue weighted by atomic mass is 9.75. The molecule has 3 heteroatoms. The predicted molar refractivity (Wildman–Crippen MR) is 103 cm³/mol. The molecule has 26 heavy (non-hydrogen) atoms. The molecule has 3 nitrogen and oxygen atoms in total. The molecule has 3 aliphatic carbocycles. The van der Waals surface area contributed by atoms with Crippen molar-refractivity contribution < 1.29 is 14.6 Å². The Hall–Kier alpha value is -2.39. The lowest BCUT2D eigenvalue weighted by molar-refractivity contribution is -0.119. The van der Waals surface area contributed by atoms with E-state index >= 15 is 0 Å². The van der Waals surface area contributed by atoms with Gasteiger partial charge in [0.25, 0.3) is 0 Å². The molecule has 4 aliphatic rings. The monoisotopic (exact) mass is 348 g/mol. The fourth-order valence-corrected chi connectivity index (χ4v) is 4.18. The highest BCUT2D eigenvalue weighted by atomic mass is 16.5. The molecular weight excluding hydrogens is 324 g/mol. The smallest absolute Gasteiger partial charge is 0.136 e. The molecule has 1 aliphatic heterocycles. The number of carbonyl (C=O) groups excluding carboxylic acids is 1. The minimum atomic E-state index is -0.903. The Kier molecular flexibility index (Phi) is 4.41. The van der Waals surface area contributed by atoms with E-state index in [9.17, 15) is 9.90 Å².